The maximum Gasteiger partial charge on any atom is 0.230 e. The second-order valence-electron chi connectivity index (χ2n) is 6.96. The fourth-order valence-corrected chi connectivity index (χ4v) is 4.91. The van der Waals surface area contributed by atoms with E-state index in [1.165, 1.54) is 23.1 Å². The summed E-state index contributed by atoms with van der Waals surface area (Å²) in [5, 5.41) is 16.3. The van der Waals surface area contributed by atoms with Crippen LogP contribution in [0.3, 0.4) is 0 Å². The number of carbonyl (C=O) groups is 2. The molecule has 156 valence electrons. The van der Waals surface area contributed by atoms with Crippen molar-refractivity contribution in [2.75, 3.05) is 24.2 Å². The molecular weight excluding hydrogens is 420 g/mol. The van der Waals surface area contributed by atoms with E-state index in [0.29, 0.717) is 16.0 Å². The van der Waals surface area contributed by atoms with Crippen molar-refractivity contribution in [2.45, 2.75) is 29.7 Å². The van der Waals surface area contributed by atoms with Crippen molar-refractivity contribution >= 4 is 50.8 Å². The molecule has 3 aromatic rings. The van der Waals surface area contributed by atoms with E-state index in [0.717, 1.165) is 35.8 Å². The highest BCUT2D eigenvalue weighted by Crippen LogP contribution is 2.26. The second kappa shape index (κ2) is 10.0. The first-order valence-corrected chi connectivity index (χ1v) is 11.6. The number of nitrogens with one attached hydrogen (secondary N) is 2. The molecule has 1 aromatic heterocycles. The van der Waals surface area contributed by atoms with Crippen molar-refractivity contribution in [3.05, 3.63) is 48.0 Å². The van der Waals surface area contributed by atoms with Crippen LogP contribution in [0.15, 0.2) is 46.8 Å². The minimum atomic E-state index is -0.145. The van der Waals surface area contributed by atoms with Crippen molar-refractivity contribution < 1.29 is 14.3 Å². The Morgan fingerprint density at radius 3 is 2.87 bits per heavy atom. The van der Waals surface area contributed by atoms with Gasteiger partial charge in [0.25, 0.3) is 0 Å². The van der Waals surface area contributed by atoms with Crippen molar-refractivity contribution in [1.82, 2.24) is 15.5 Å². The second-order valence-corrected chi connectivity index (χ2v) is 9.16. The molecule has 2 aromatic carbocycles. The molecule has 2 amide bonds. The summed E-state index contributed by atoms with van der Waals surface area (Å²) in [6.45, 7) is 1.32. The molecule has 0 radical (unpaired) electrons. The smallest absolute Gasteiger partial charge is 0.230 e. The minimum absolute atomic E-state index is 0.0627. The van der Waals surface area contributed by atoms with Crippen molar-refractivity contribution in [3.8, 4) is 0 Å². The molecule has 7 nitrogen and oxygen atoms in total. The first-order chi connectivity index (χ1) is 14.7. The van der Waals surface area contributed by atoms with Gasteiger partial charge in [-0.2, -0.15) is 0 Å². The molecule has 30 heavy (non-hydrogen) atoms. The lowest BCUT2D eigenvalue weighted by Gasteiger charge is -2.09. The van der Waals surface area contributed by atoms with Gasteiger partial charge >= 0.3 is 0 Å². The molecule has 0 bridgehead atoms. The van der Waals surface area contributed by atoms with Gasteiger partial charge in [-0.1, -0.05) is 65.6 Å². The Kier molecular flexibility index (Phi) is 6.93. The summed E-state index contributed by atoms with van der Waals surface area (Å²) in [5.74, 6) is 0.0475. The van der Waals surface area contributed by atoms with Crippen LogP contribution in [0.4, 0.5) is 5.13 Å². The molecule has 0 unspecified atom stereocenters. The van der Waals surface area contributed by atoms with E-state index in [2.05, 4.69) is 20.8 Å². The van der Waals surface area contributed by atoms with Gasteiger partial charge in [0.15, 0.2) is 4.34 Å². The lowest BCUT2D eigenvalue weighted by molar-refractivity contribution is -0.119. The number of amides is 2. The summed E-state index contributed by atoms with van der Waals surface area (Å²) in [6.07, 6.45) is 2.43. The summed E-state index contributed by atoms with van der Waals surface area (Å²) in [5.41, 5.74) is 0.965. The number of fused-ring (bicyclic) bond motifs is 1. The summed E-state index contributed by atoms with van der Waals surface area (Å²) < 4.78 is 6.13. The van der Waals surface area contributed by atoms with Gasteiger partial charge in [0.1, 0.15) is 0 Å². The Hall–Kier alpha value is -2.49. The Labute approximate surface area is 182 Å². The fourth-order valence-electron chi connectivity index (χ4n) is 3.31. The average molecular weight is 443 g/mol. The molecule has 1 saturated heterocycles. The summed E-state index contributed by atoms with van der Waals surface area (Å²) in [6, 6.07) is 13.9. The van der Waals surface area contributed by atoms with E-state index < -0.39 is 0 Å². The molecule has 1 aliphatic heterocycles. The van der Waals surface area contributed by atoms with Gasteiger partial charge in [0, 0.05) is 13.2 Å². The Morgan fingerprint density at radius 2 is 2.00 bits per heavy atom. The van der Waals surface area contributed by atoms with Gasteiger partial charge < -0.3 is 15.4 Å². The van der Waals surface area contributed by atoms with Crippen LogP contribution in [0, 0.1) is 0 Å². The highest BCUT2D eigenvalue weighted by atomic mass is 32.2. The zero-order valence-corrected chi connectivity index (χ0v) is 17.9. The van der Waals surface area contributed by atoms with Crippen molar-refractivity contribution in [3.63, 3.8) is 0 Å². The van der Waals surface area contributed by atoms with E-state index in [1.807, 2.05) is 42.5 Å². The van der Waals surface area contributed by atoms with Gasteiger partial charge in [-0.3, -0.25) is 9.59 Å². The summed E-state index contributed by atoms with van der Waals surface area (Å²) in [7, 11) is 0. The summed E-state index contributed by atoms with van der Waals surface area (Å²) >= 11 is 2.57. The van der Waals surface area contributed by atoms with Crippen molar-refractivity contribution in [1.29, 1.82) is 0 Å². The van der Waals surface area contributed by atoms with Crippen LogP contribution in [-0.2, 0) is 20.7 Å². The lowest BCUT2D eigenvalue weighted by atomic mass is 10.0. The van der Waals surface area contributed by atoms with E-state index in [4.69, 9.17) is 4.74 Å². The Bertz CT molecular complexity index is 1030. The summed E-state index contributed by atoms with van der Waals surface area (Å²) in [4.78, 5) is 24.4. The van der Waals surface area contributed by atoms with E-state index in [9.17, 15) is 9.59 Å². The van der Waals surface area contributed by atoms with Crippen LogP contribution in [-0.4, -0.2) is 47.0 Å². The first-order valence-electron chi connectivity index (χ1n) is 9.78. The topological polar surface area (TPSA) is 93.2 Å². The largest absolute Gasteiger partial charge is 0.376 e. The molecule has 0 saturated carbocycles. The number of rotatable bonds is 8. The van der Waals surface area contributed by atoms with Crippen LogP contribution < -0.4 is 10.6 Å². The molecule has 2 N–H and O–H groups in total. The Balaban J connectivity index is 1.25. The number of anilines is 1. The molecule has 1 fully saturated rings. The maximum absolute atomic E-state index is 12.5. The van der Waals surface area contributed by atoms with Crippen LogP contribution in [0.2, 0.25) is 0 Å². The zero-order chi connectivity index (χ0) is 20.8. The number of carbonyl (C=O) groups excluding carboxylic acids is 2. The van der Waals surface area contributed by atoms with Gasteiger partial charge in [-0.05, 0) is 29.2 Å². The quantitative estimate of drug-likeness (QED) is 0.411. The minimum Gasteiger partial charge on any atom is -0.376 e. The number of thioether (sulfide) groups is 1. The standard InChI is InChI=1S/C21H22N4O3S2/c26-18(11-15-7-3-6-14-5-1-2-9-17(14)15)23-20-24-25-21(30-20)29-13-19(27)22-12-16-8-4-10-28-16/h1-3,5-7,9,16H,4,8,10-13H2,(H,22,27)(H,23,24,26)/t16-/m0/s1. The van der Waals surface area contributed by atoms with Crippen LogP contribution in [0.1, 0.15) is 18.4 Å². The number of benzene rings is 2. The van der Waals surface area contributed by atoms with E-state index >= 15 is 0 Å². The normalized spacial score (nSPS) is 15.9. The van der Waals surface area contributed by atoms with Crippen LogP contribution in [0.5, 0.6) is 0 Å². The number of ether oxygens (including phenoxy) is 1. The Morgan fingerprint density at radius 1 is 1.13 bits per heavy atom. The third kappa shape index (κ3) is 5.56. The molecule has 0 aliphatic carbocycles. The van der Waals surface area contributed by atoms with Crippen LogP contribution in [0.25, 0.3) is 10.8 Å². The number of hydrogen-bond acceptors (Lipinski definition) is 7. The highest BCUT2D eigenvalue weighted by molar-refractivity contribution is 8.01. The van der Waals surface area contributed by atoms with Crippen LogP contribution >= 0.6 is 23.1 Å². The number of nitrogens with zero attached hydrogens (tertiary/aromatic N) is 2. The molecule has 0 spiro atoms. The van der Waals surface area contributed by atoms with E-state index in [-0.39, 0.29) is 30.1 Å². The van der Waals surface area contributed by atoms with Gasteiger partial charge in [0.2, 0.25) is 16.9 Å². The fraction of sp³-hybridized carbons (Fsp3) is 0.333. The van der Waals surface area contributed by atoms with Gasteiger partial charge in [-0.15, -0.1) is 10.2 Å². The lowest BCUT2D eigenvalue weighted by Crippen LogP contribution is -2.32. The molecule has 1 atom stereocenters. The van der Waals surface area contributed by atoms with Crippen molar-refractivity contribution in [2.24, 2.45) is 0 Å². The molecule has 4 rings (SSSR count). The zero-order valence-electron chi connectivity index (χ0n) is 16.3. The predicted molar refractivity (Wildman–Crippen MR) is 119 cm³/mol. The number of aromatic nitrogens is 2. The SMILES string of the molecule is O=C(CSc1nnc(NC(=O)Cc2cccc3ccccc23)s1)NC[C@@H]1CCCO1. The molecule has 1 aliphatic rings. The third-order valence-electron chi connectivity index (χ3n) is 4.76. The first kappa shape index (κ1) is 20.8. The average Bonchev–Trinajstić information content (AvgIpc) is 3.43. The third-order valence-corrected chi connectivity index (χ3v) is 6.73. The maximum atomic E-state index is 12.5. The molecule has 2 heterocycles. The number of hydrogen-bond donors (Lipinski definition) is 2. The van der Waals surface area contributed by atoms with Gasteiger partial charge in [-0.25, -0.2) is 0 Å². The monoisotopic (exact) mass is 442 g/mol. The highest BCUT2D eigenvalue weighted by Gasteiger charge is 2.17. The predicted octanol–water partition coefficient (Wildman–Crippen LogP) is 3.26. The van der Waals surface area contributed by atoms with Gasteiger partial charge in [0.05, 0.1) is 18.3 Å². The molecular formula is C21H22N4O3S2. The molecule has 9 heteroatoms. The van der Waals surface area contributed by atoms with E-state index in [1.54, 1.807) is 0 Å².